The van der Waals surface area contributed by atoms with Crippen molar-refractivity contribution in [2.75, 3.05) is 7.11 Å². The van der Waals surface area contributed by atoms with Gasteiger partial charge in [-0.3, -0.25) is 4.79 Å². The first-order valence-electron chi connectivity index (χ1n) is 6.19. The van der Waals surface area contributed by atoms with Gasteiger partial charge in [-0.2, -0.15) is 0 Å². The molecule has 3 rings (SSSR count). The van der Waals surface area contributed by atoms with Crippen LogP contribution < -0.4 is 10.2 Å². The summed E-state index contributed by atoms with van der Waals surface area (Å²) in [5, 5.41) is 10.6. The lowest BCUT2D eigenvalue weighted by Crippen LogP contribution is -2.04. The van der Waals surface area contributed by atoms with Crippen molar-refractivity contribution in [1.82, 2.24) is 4.98 Å². The molecule has 0 fully saturated rings. The quantitative estimate of drug-likeness (QED) is 0.750. The normalized spacial score (nSPS) is 10.7. The summed E-state index contributed by atoms with van der Waals surface area (Å²) in [4.78, 5) is 15.2. The summed E-state index contributed by atoms with van der Waals surface area (Å²) in [6.45, 7) is 0. The number of benzene rings is 2. The molecule has 0 atom stereocenters. The monoisotopic (exact) mass is 267 g/mol. The third-order valence-electron chi connectivity index (χ3n) is 3.26. The summed E-state index contributed by atoms with van der Waals surface area (Å²) in [5.41, 5.74) is 1.47. The van der Waals surface area contributed by atoms with E-state index in [2.05, 4.69) is 4.98 Å². The van der Waals surface area contributed by atoms with Gasteiger partial charge >= 0.3 is 0 Å². The second-order valence-electron chi connectivity index (χ2n) is 4.45. The summed E-state index contributed by atoms with van der Waals surface area (Å²) in [6.07, 6.45) is 0. The van der Waals surface area contributed by atoms with Crippen LogP contribution in [0.2, 0.25) is 0 Å². The highest BCUT2D eigenvalue weighted by atomic mass is 16.5. The lowest BCUT2D eigenvalue weighted by molar-refractivity contribution is 0.415. The number of hydrogen-bond acceptors (Lipinski definition) is 3. The number of pyridine rings is 1. The molecule has 0 saturated heterocycles. The number of ether oxygens (including phenoxy) is 1. The van der Waals surface area contributed by atoms with E-state index in [1.807, 2.05) is 12.1 Å². The first kappa shape index (κ1) is 12.3. The minimum atomic E-state index is -0.370. The second-order valence-corrected chi connectivity index (χ2v) is 4.45. The maximum absolute atomic E-state index is 12.2. The number of para-hydroxylation sites is 1. The SMILES string of the molecule is COc1ccc(-c2[nH]c3ccccc3c(=O)c2O)cc1. The van der Waals surface area contributed by atoms with Crippen molar-refractivity contribution in [3.8, 4) is 22.8 Å². The lowest BCUT2D eigenvalue weighted by atomic mass is 10.1. The number of H-pyrrole nitrogens is 1. The maximum atomic E-state index is 12.2. The van der Waals surface area contributed by atoms with Gasteiger partial charge in [-0.1, -0.05) is 12.1 Å². The fourth-order valence-corrected chi connectivity index (χ4v) is 2.19. The average Bonchev–Trinajstić information content (AvgIpc) is 2.51. The topological polar surface area (TPSA) is 62.3 Å². The van der Waals surface area contributed by atoms with Crippen LogP contribution >= 0.6 is 0 Å². The van der Waals surface area contributed by atoms with Crippen molar-refractivity contribution in [2.45, 2.75) is 0 Å². The Kier molecular flexibility index (Phi) is 2.91. The zero-order chi connectivity index (χ0) is 14.1. The van der Waals surface area contributed by atoms with Gasteiger partial charge in [-0.05, 0) is 36.4 Å². The second kappa shape index (κ2) is 4.74. The molecule has 3 aromatic rings. The number of hydrogen-bond donors (Lipinski definition) is 2. The summed E-state index contributed by atoms with van der Waals surface area (Å²) in [6, 6.07) is 14.2. The molecule has 0 radical (unpaired) electrons. The van der Waals surface area contributed by atoms with Crippen molar-refractivity contribution in [2.24, 2.45) is 0 Å². The van der Waals surface area contributed by atoms with Crippen molar-refractivity contribution in [3.63, 3.8) is 0 Å². The first-order chi connectivity index (χ1) is 9.70. The van der Waals surface area contributed by atoms with Crippen molar-refractivity contribution < 1.29 is 9.84 Å². The van der Waals surface area contributed by atoms with Crippen LogP contribution in [-0.2, 0) is 0 Å². The van der Waals surface area contributed by atoms with E-state index in [-0.39, 0.29) is 11.2 Å². The molecule has 100 valence electrons. The van der Waals surface area contributed by atoms with Gasteiger partial charge in [0, 0.05) is 16.5 Å². The summed E-state index contributed by atoms with van der Waals surface area (Å²) in [5.74, 6) is 0.449. The molecule has 0 bridgehead atoms. The largest absolute Gasteiger partial charge is 0.503 e. The molecular formula is C16H13NO3. The predicted octanol–water partition coefficient (Wildman–Crippen LogP) is 2.91. The number of fused-ring (bicyclic) bond motifs is 1. The van der Waals surface area contributed by atoms with Crippen molar-refractivity contribution in [3.05, 3.63) is 58.8 Å². The van der Waals surface area contributed by atoms with Crippen LogP contribution in [-0.4, -0.2) is 17.2 Å². The highest BCUT2D eigenvalue weighted by molar-refractivity contribution is 5.84. The van der Waals surface area contributed by atoms with Crippen LogP contribution in [0.15, 0.2) is 53.3 Å². The van der Waals surface area contributed by atoms with Gasteiger partial charge in [0.2, 0.25) is 5.43 Å². The Balaban J connectivity index is 2.25. The molecule has 2 aromatic carbocycles. The lowest BCUT2D eigenvalue weighted by Gasteiger charge is -2.08. The van der Waals surface area contributed by atoms with E-state index in [9.17, 15) is 9.90 Å². The minimum Gasteiger partial charge on any atom is -0.503 e. The molecule has 2 N–H and O–H groups in total. The van der Waals surface area contributed by atoms with Gasteiger partial charge in [0.1, 0.15) is 5.75 Å². The van der Waals surface area contributed by atoms with Crippen molar-refractivity contribution in [1.29, 1.82) is 0 Å². The smallest absolute Gasteiger partial charge is 0.231 e. The maximum Gasteiger partial charge on any atom is 0.231 e. The van der Waals surface area contributed by atoms with Crippen LogP contribution in [0.5, 0.6) is 11.5 Å². The van der Waals surface area contributed by atoms with Gasteiger partial charge in [-0.15, -0.1) is 0 Å². The molecule has 0 saturated carbocycles. The molecule has 0 spiro atoms. The molecule has 0 aliphatic heterocycles. The number of aromatic hydroxyl groups is 1. The Morgan fingerprint density at radius 2 is 1.75 bits per heavy atom. The molecule has 20 heavy (non-hydrogen) atoms. The highest BCUT2D eigenvalue weighted by Gasteiger charge is 2.12. The summed E-state index contributed by atoms with van der Waals surface area (Å²) >= 11 is 0. The summed E-state index contributed by atoms with van der Waals surface area (Å²) < 4.78 is 5.09. The van der Waals surface area contributed by atoms with Gasteiger partial charge in [0.05, 0.1) is 12.8 Å². The fourth-order valence-electron chi connectivity index (χ4n) is 2.19. The molecule has 0 aliphatic carbocycles. The van der Waals surface area contributed by atoms with E-state index < -0.39 is 0 Å². The zero-order valence-electron chi connectivity index (χ0n) is 10.9. The molecule has 4 nitrogen and oxygen atoms in total. The molecule has 1 aromatic heterocycles. The molecule has 4 heteroatoms. The van der Waals surface area contributed by atoms with Crippen LogP contribution in [0.1, 0.15) is 0 Å². The molecule has 1 heterocycles. The van der Waals surface area contributed by atoms with E-state index in [4.69, 9.17) is 4.74 Å². The Bertz CT molecular complexity index is 819. The number of aromatic amines is 1. The number of rotatable bonds is 2. The van der Waals surface area contributed by atoms with Gasteiger partial charge in [0.25, 0.3) is 0 Å². The Labute approximate surface area is 115 Å². The van der Waals surface area contributed by atoms with E-state index in [1.54, 1.807) is 43.5 Å². The molecule has 0 amide bonds. The highest BCUT2D eigenvalue weighted by Crippen LogP contribution is 2.27. The third-order valence-corrected chi connectivity index (χ3v) is 3.26. The third kappa shape index (κ3) is 1.91. The first-order valence-corrected chi connectivity index (χ1v) is 6.19. The van der Waals surface area contributed by atoms with Crippen molar-refractivity contribution >= 4 is 10.9 Å². The molecular weight excluding hydrogens is 254 g/mol. The van der Waals surface area contributed by atoms with E-state index in [0.717, 1.165) is 11.3 Å². The van der Waals surface area contributed by atoms with Gasteiger partial charge < -0.3 is 14.8 Å². The number of methoxy groups -OCH3 is 1. The molecule has 0 aliphatic rings. The predicted molar refractivity (Wildman–Crippen MR) is 78.2 cm³/mol. The summed E-state index contributed by atoms with van der Waals surface area (Å²) in [7, 11) is 1.59. The van der Waals surface area contributed by atoms with E-state index in [0.29, 0.717) is 16.6 Å². The number of aromatic nitrogens is 1. The Hall–Kier alpha value is -2.75. The fraction of sp³-hybridized carbons (Fsp3) is 0.0625. The Morgan fingerprint density at radius 3 is 2.45 bits per heavy atom. The van der Waals surface area contributed by atoms with Crippen LogP contribution in [0.3, 0.4) is 0 Å². The van der Waals surface area contributed by atoms with Crippen LogP contribution in [0, 0.1) is 0 Å². The van der Waals surface area contributed by atoms with Gasteiger partial charge in [-0.25, -0.2) is 0 Å². The molecule has 0 unspecified atom stereocenters. The van der Waals surface area contributed by atoms with Crippen LogP contribution in [0.4, 0.5) is 0 Å². The van der Waals surface area contributed by atoms with Crippen LogP contribution in [0.25, 0.3) is 22.2 Å². The number of nitrogens with one attached hydrogen (secondary N) is 1. The van der Waals surface area contributed by atoms with Gasteiger partial charge in [0.15, 0.2) is 5.75 Å². The van der Waals surface area contributed by atoms with E-state index >= 15 is 0 Å². The van der Waals surface area contributed by atoms with E-state index in [1.165, 1.54) is 0 Å². The zero-order valence-corrected chi connectivity index (χ0v) is 10.9. The Morgan fingerprint density at radius 1 is 1.05 bits per heavy atom. The minimum absolute atomic E-state index is 0.270. The average molecular weight is 267 g/mol. The standard InChI is InChI=1S/C16H13NO3/c1-20-11-8-6-10(7-9-11)14-16(19)15(18)12-4-2-3-5-13(12)17-14/h2-9,19H,1H3,(H,17,18).